The maximum Gasteiger partial charge on any atom is 0.500 e. The highest BCUT2D eigenvalue weighted by atomic mass is 32.3. The van der Waals surface area contributed by atoms with Gasteiger partial charge in [-0.15, -0.1) is 8.42 Å². The summed E-state index contributed by atoms with van der Waals surface area (Å²) < 4.78 is 35.2. The van der Waals surface area contributed by atoms with Gasteiger partial charge < -0.3 is 8.37 Å². The van der Waals surface area contributed by atoms with Gasteiger partial charge in [0.2, 0.25) is 0 Å². The molecule has 0 fully saturated rings. The molecule has 0 spiro atoms. The van der Waals surface area contributed by atoms with Crippen molar-refractivity contribution < 1.29 is 16.8 Å². The highest BCUT2D eigenvalue weighted by Crippen LogP contribution is 2.32. The third kappa shape index (κ3) is 8.69. The summed E-state index contributed by atoms with van der Waals surface area (Å²) in [4.78, 5) is 0. The topological polar surface area (TPSA) is 52.6 Å². The Kier molecular flexibility index (Phi) is 9.84. The third-order valence-electron chi connectivity index (χ3n) is 6.48. The lowest BCUT2D eigenvalue weighted by Crippen LogP contribution is -2.19. The fraction of sp³-hybridized carbons (Fsp3) is 0.571. The fourth-order valence-electron chi connectivity index (χ4n) is 4.10. The Balaban J connectivity index is 1.99. The molecule has 0 amide bonds. The van der Waals surface area contributed by atoms with Gasteiger partial charge in [-0.3, -0.25) is 0 Å². The fourth-order valence-corrected chi connectivity index (χ4v) is 4.83. The van der Waals surface area contributed by atoms with Gasteiger partial charge in [-0.25, -0.2) is 0 Å². The Hall–Kier alpha value is -2.01. The summed E-state index contributed by atoms with van der Waals surface area (Å²) >= 11 is 0. The second-order valence-corrected chi connectivity index (χ2v) is 11.5. The minimum absolute atomic E-state index is 0.0368. The van der Waals surface area contributed by atoms with Gasteiger partial charge in [-0.05, 0) is 59.1 Å². The Morgan fingerprint density at radius 2 is 0.939 bits per heavy atom. The van der Waals surface area contributed by atoms with Crippen molar-refractivity contribution >= 4 is 10.4 Å². The predicted octanol–water partition coefficient (Wildman–Crippen LogP) is 8.11. The average molecular weight is 475 g/mol. The Labute approximate surface area is 202 Å². The van der Waals surface area contributed by atoms with Gasteiger partial charge in [-0.2, -0.15) is 0 Å². The number of hydrogen-bond donors (Lipinski definition) is 0. The molecule has 0 saturated carbocycles. The molecule has 5 heteroatoms. The van der Waals surface area contributed by atoms with Crippen molar-refractivity contribution in [2.75, 3.05) is 0 Å². The molecule has 0 radical (unpaired) electrons. The van der Waals surface area contributed by atoms with Gasteiger partial charge in [0.15, 0.2) is 0 Å². The molecule has 0 saturated heterocycles. The van der Waals surface area contributed by atoms with E-state index in [1.54, 1.807) is 24.3 Å². The van der Waals surface area contributed by atoms with E-state index in [1.807, 2.05) is 24.3 Å². The van der Waals surface area contributed by atoms with E-state index in [-0.39, 0.29) is 22.3 Å². The molecule has 0 atom stereocenters. The van der Waals surface area contributed by atoms with Gasteiger partial charge in [0.05, 0.1) is 0 Å². The zero-order chi connectivity index (χ0) is 24.5. The van der Waals surface area contributed by atoms with E-state index < -0.39 is 10.4 Å². The first-order valence-corrected chi connectivity index (χ1v) is 13.7. The van der Waals surface area contributed by atoms with Gasteiger partial charge in [0.25, 0.3) is 0 Å². The first kappa shape index (κ1) is 27.2. The van der Waals surface area contributed by atoms with Crippen LogP contribution in [0.25, 0.3) is 0 Å². The Morgan fingerprint density at radius 3 is 1.24 bits per heavy atom. The molecule has 0 aliphatic rings. The van der Waals surface area contributed by atoms with Crippen molar-refractivity contribution in [3.05, 3.63) is 59.7 Å². The molecule has 33 heavy (non-hydrogen) atoms. The number of unbranched alkanes of at least 4 members (excludes halogenated alkanes) is 4. The van der Waals surface area contributed by atoms with E-state index in [4.69, 9.17) is 8.37 Å². The van der Waals surface area contributed by atoms with E-state index in [0.717, 1.165) is 12.8 Å². The zero-order valence-corrected chi connectivity index (χ0v) is 22.1. The third-order valence-corrected chi connectivity index (χ3v) is 7.27. The lowest BCUT2D eigenvalue weighted by Gasteiger charge is -2.25. The smallest absolute Gasteiger partial charge is 0.353 e. The molecule has 0 aliphatic carbocycles. The highest BCUT2D eigenvalue weighted by Gasteiger charge is 2.23. The van der Waals surface area contributed by atoms with E-state index in [9.17, 15) is 8.42 Å². The van der Waals surface area contributed by atoms with Gasteiger partial charge in [-0.1, -0.05) is 104 Å². The van der Waals surface area contributed by atoms with Crippen molar-refractivity contribution in [1.29, 1.82) is 0 Å². The standard InChI is InChI=1S/C28H42O4S/c1-7-9-11-21-27(3,4)23-13-17-25(18-14-23)31-33(29,30)32-26-19-15-24(16-20-26)28(5,6)22-12-10-8-2/h13-20H,7-12,21-22H2,1-6H3. The Bertz CT molecular complexity index is 869. The van der Waals surface area contributed by atoms with E-state index >= 15 is 0 Å². The molecule has 4 nitrogen and oxygen atoms in total. The Morgan fingerprint density at radius 1 is 0.606 bits per heavy atom. The van der Waals surface area contributed by atoms with Crippen molar-refractivity contribution in [3.8, 4) is 11.5 Å². The molecule has 0 aromatic heterocycles. The SMILES string of the molecule is CCCCCC(C)(C)c1ccc(OS(=O)(=O)Oc2ccc(C(C)(C)CCCCC)cc2)cc1. The van der Waals surface area contributed by atoms with Crippen LogP contribution in [0, 0.1) is 0 Å². The van der Waals surface area contributed by atoms with Crippen LogP contribution in [0.5, 0.6) is 11.5 Å². The zero-order valence-electron chi connectivity index (χ0n) is 21.3. The molecule has 0 unspecified atom stereocenters. The number of rotatable bonds is 14. The van der Waals surface area contributed by atoms with Crippen LogP contribution in [0.1, 0.15) is 104 Å². The first-order valence-electron chi connectivity index (χ1n) is 12.3. The molecule has 0 bridgehead atoms. The lowest BCUT2D eigenvalue weighted by atomic mass is 9.80. The van der Waals surface area contributed by atoms with Crippen LogP contribution < -0.4 is 8.37 Å². The summed E-state index contributed by atoms with van der Waals surface area (Å²) in [6.45, 7) is 13.3. The molecule has 2 aromatic carbocycles. The van der Waals surface area contributed by atoms with Crippen LogP contribution in [0.3, 0.4) is 0 Å². The summed E-state index contributed by atoms with van der Waals surface area (Å²) in [5, 5.41) is 0. The largest absolute Gasteiger partial charge is 0.500 e. The van der Waals surface area contributed by atoms with Crippen molar-refractivity contribution in [2.24, 2.45) is 0 Å². The summed E-state index contributed by atoms with van der Waals surface area (Å²) in [6.07, 6.45) is 9.37. The maximum atomic E-state index is 12.4. The first-order chi connectivity index (χ1) is 15.5. The highest BCUT2D eigenvalue weighted by molar-refractivity contribution is 7.82. The van der Waals surface area contributed by atoms with Crippen molar-refractivity contribution in [2.45, 2.75) is 104 Å². The molecular weight excluding hydrogens is 432 g/mol. The van der Waals surface area contributed by atoms with Crippen LogP contribution in [0.4, 0.5) is 0 Å². The van der Waals surface area contributed by atoms with Crippen LogP contribution >= 0.6 is 0 Å². The molecule has 0 aliphatic heterocycles. The number of hydrogen-bond acceptors (Lipinski definition) is 4. The molecule has 0 N–H and O–H groups in total. The van der Waals surface area contributed by atoms with Crippen LogP contribution in [0.15, 0.2) is 48.5 Å². The summed E-state index contributed by atoms with van der Waals surface area (Å²) in [7, 11) is -4.22. The average Bonchev–Trinajstić information content (AvgIpc) is 2.74. The quantitative estimate of drug-likeness (QED) is 0.259. The second-order valence-electron chi connectivity index (χ2n) is 10.3. The second kappa shape index (κ2) is 11.9. The van der Waals surface area contributed by atoms with Gasteiger partial charge in [0, 0.05) is 0 Å². The molecule has 184 valence electrons. The van der Waals surface area contributed by atoms with E-state index in [0.29, 0.717) is 0 Å². The minimum Gasteiger partial charge on any atom is -0.353 e. The van der Waals surface area contributed by atoms with Crippen LogP contribution in [0.2, 0.25) is 0 Å². The van der Waals surface area contributed by atoms with Gasteiger partial charge in [0.1, 0.15) is 11.5 Å². The van der Waals surface area contributed by atoms with Gasteiger partial charge >= 0.3 is 10.4 Å². The normalized spacial score (nSPS) is 12.5. The summed E-state index contributed by atoms with van der Waals surface area (Å²) in [6, 6.07) is 14.5. The minimum atomic E-state index is -4.22. The lowest BCUT2D eigenvalue weighted by molar-refractivity contribution is 0.392. The molecule has 2 aromatic rings. The molecule has 0 heterocycles. The number of benzene rings is 2. The monoisotopic (exact) mass is 474 g/mol. The van der Waals surface area contributed by atoms with E-state index in [1.165, 1.54) is 49.7 Å². The van der Waals surface area contributed by atoms with Crippen molar-refractivity contribution in [1.82, 2.24) is 0 Å². The summed E-state index contributed by atoms with van der Waals surface area (Å²) in [5.74, 6) is 0.494. The maximum absolute atomic E-state index is 12.4. The van der Waals surface area contributed by atoms with Crippen LogP contribution in [-0.4, -0.2) is 8.42 Å². The van der Waals surface area contributed by atoms with Crippen molar-refractivity contribution in [3.63, 3.8) is 0 Å². The predicted molar refractivity (Wildman–Crippen MR) is 137 cm³/mol. The van der Waals surface area contributed by atoms with Crippen LogP contribution in [-0.2, 0) is 21.2 Å². The molecular formula is C28H42O4S. The molecule has 2 rings (SSSR count). The van der Waals surface area contributed by atoms with E-state index in [2.05, 4.69) is 41.5 Å². The summed E-state index contributed by atoms with van der Waals surface area (Å²) in [5.41, 5.74) is 2.41.